The molecule has 3 rings (SSSR count). The van der Waals surface area contributed by atoms with E-state index in [2.05, 4.69) is 26.7 Å². The molecule has 0 saturated carbocycles. The summed E-state index contributed by atoms with van der Waals surface area (Å²) >= 11 is 4.50. The maximum atomic E-state index is 12.3. The van der Waals surface area contributed by atoms with Crippen molar-refractivity contribution in [2.75, 3.05) is 6.61 Å². The number of halogens is 1. The molecule has 1 atom stereocenters. The summed E-state index contributed by atoms with van der Waals surface area (Å²) in [6, 6.07) is 9.24. The average molecular weight is 402 g/mol. The van der Waals surface area contributed by atoms with Crippen LogP contribution in [-0.4, -0.2) is 21.1 Å². The van der Waals surface area contributed by atoms with E-state index in [4.69, 9.17) is 4.74 Å². The molecule has 0 radical (unpaired) electrons. The van der Waals surface area contributed by atoms with Crippen molar-refractivity contribution in [3.8, 4) is 5.75 Å². The Balaban J connectivity index is 1.68. The lowest BCUT2D eigenvalue weighted by molar-refractivity contribution is 0.357. The number of nitrogens with one attached hydrogen (secondary N) is 1. The second-order valence-electron chi connectivity index (χ2n) is 5.33. The lowest BCUT2D eigenvalue weighted by Crippen LogP contribution is -2.33. The molecular weight excluding hydrogens is 386 g/mol. The zero-order valence-corrected chi connectivity index (χ0v) is 15.2. The van der Waals surface area contributed by atoms with Gasteiger partial charge in [-0.1, -0.05) is 12.1 Å². The fraction of sp³-hybridized carbons (Fsp3) is 0.333. The SMILES string of the molecule is CC(Cc1ccc2c(c1)CCO2)NS(=O)(=O)c1ccc(Br)s1. The van der Waals surface area contributed by atoms with Crippen molar-refractivity contribution in [3.63, 3.8) is 0 Å². The van der Waals surface area contributed by atoms with Gasteiger partial charge in [0, 0.05) is 12.5 Å². The minimum absolute atomic E-state index is 0.175. The number of hydrogen-bond donors (Lipinski definition) is 1. The number of rotatable bonds is 5. The number of ether oxygens (including phenoxy) is 1. The lowest BCUT2D eigenvalue weighted by Gasteiger charge is -2.14. The third-order valence-electron chi connectivity index (χ3n) is 3.47. The van der Waals surface area contributed by atoms with Crippen molar-refractivity contribution in [1.82, 2.24) is 4.72 Å². The van der Waals surface area contributed by atoms with Gasteiger partial charge in [-0.2, -0.15) is 0 Å². The Bertz CT molecular complexity index is 786. The summed E-state index contributed by atoms with van der Waals surface area (Å²) in [5, 5.41) is 0. The topological polar surface area (TPSA) is 55.4 Å². The first-order valence-corrected chi connectivity index (χ1v) is 10.1. The first-order valence-electron chi connectivity index (χ1n) is 6.96. The van der Waals surface area contributed by atoms with E-state index in [0.29, 0.717) is 10.6 Å². The minimum Gasteiger partial charge on any atom is -0.493 e. The molecular formula is C15H16BrNO3S2. The highest BCUT2D eigenvalue weighted by Crippen LogP contribution is 2.27. The molecule has 1 aromatic heterocycles. The summed E-state index contributed by atoms with van der Waals surface area (Å²) in [5.41, 5.74) is 2.32. The molecule has 0 bridgehead atoms. The van der Waals surface area contributed by atoms with Gasteiger partial charge in [0.25, 0.3) is 0 Å². The third kappa shape index (κ3) is 3.53. The summed E-state index contributed by atoms with van der Waals surface area (Å²) in [5.74, 6) is 0.945. The van der Waals surface area contributed by atoms with Gasteiger partial charge in [0.05, 0.1) is 10.4 Å². The normalized spacial score (nSPS) is 15.4. The Morgan fingerprint density at radius 1 is 1.36 bits per heavy atom. The summed E-state index contributed by atoms with van der Waals surface area (Å²) < 4.78 is 33.9. The van der Waals surface area contributed by atoms with Gasteiger partial charge in [0.2, 0.25) is 10.0 Å². The van der Waals surface area contributed by atoms with Crippen molar-refractivity contribution in [2.45, 2.75) is 30.0 Å². The van der Waals surface area contributed by atoms with Gasteiger partial charge in [0.15, 0.2) is 0 Å². The van der Waals surface area contributed by atoms with Crippen LogP contribution in [0.1, 0.15) is 18.1 Å². The first-order chi connectivity index (χ1) is 10.4. The van der Waals surface area contributed by atoms with Crippen LogP contribution in [0, 0.1) is 0 Å². The Labute approximate surface area is 142 Å². The number of hydrogen-bond acceptors (Lipinski definition) is 4. The smallest absolute Gasteiger partial charge is 0.250 e. The van der Waals surface area contributed by atoms with Gasteiger partial charge in [-0.25, -0.2) is 13.1 Å². The predicted molar refractivity (Wildman–Crippen MR) is 91.1 cm³/mol. The Morgan fingerprint density at radius 3 is 2.91 bits per heavy atom. The Kier molecular flexibility index (Phi) is 4.59. The van der Waals surface area contributed by atoms with Crippen molar-refractivity contribution in [3.05, 3.63) is 45.2 Å². The average Bonchev–Trinajstić information content (AvgIpc) is 3.06. The zero-order chi connectivity index (χ0) is 15.7. The minimum atomic E-state index is -3.46. The summed E-state index contributed by atoms with van der Waals surface area (Å²) in [6.07, 6.45) is 1.57. The molecule has 0 saturated heterocycles. The van der Waals surface area contributed by atoms with E-state index in [-0.39, 0.29) is 6.04 Å². The van der Waals surface area contributed by atoms with Gasteiger partial charge in [0.1, 0.15) is 9.96 Å². The van der Waals surface area contributed by atoms with E-state index in [9.17, 15) is 8.42 Å². The standard InChI is InChI=1S/C15H16BrNO3S2/c1-10(17-22(18,19)15-5-4-14(16)21-15)8-11-2-3-13-12(9-11)6-7-20-13/h2-5,9-10,17H,6-8H2,1H3. The van der Waals surface area contributed by atoms with Gasteiger partial charge in [-0.15, -0.1) is 11.3 Å². The van der Waals surface area contributed by atoms with E-state index >= 15 is 0 Å². The van der Waals surface area contributed by atoms with Crippen molar-refractivity contribution in [2.24, 2.45) is 0 Å². The molecule has 0 amide bonds. The quantitative estimate of drug-likeness (QED) is 0.835. The highest BCUT2D eigenvalue weighted by Gasteiger charge is 2.20. The van der Waals surface area contributed by atoms with Crippen LogP contribution in [0.3, 0.4) is 0 Å². The van der Waals surface area contributed by atoms with E-state index in [1.165, 1.54) is 16.9 Å². The molecule has 2 aromatic rings. The van der Waals surface area contributed by atoms with E-state index in [1.807, 2.05) is 19.1 Å². The molecule has 0 fully saturated rings. The van der Waals surface area contributed by atoms with Crippen LogP contribution in [0.25, 0.3) is 0 Å². The van der Waals surface area contributed by atoms with Crippen molar-refractivity contribution < 1.29 is 13.2 Å². The number of sulfonamides is 1. The van der Waals surface area contributed by atoms with Crippen molar-refractivity contribution >= 4 is 37.3 Å². The second kappa shape index (κ2) is 6.31. The molecule has 1 N–H and O–H groups in total. The fourth-order valence-corrected chi connectivity index (χ4v) is 5.80. The molecule has 2 heterocycles. The molecule has 4 nitrogen and oxygen atoms in total. The summed E-state index contributed by atoms with van der Waals surface area (Å²) in [4.78, 5) is 0. The number of fused-ring (bicyclic) bond motifs is 1. The third-order valence-corrected chi connectivity index (χ3v) is 7.17. The van der Waals surface area contributed by atoms with Crippen LogP contribution < -0.4 is 9.46 Å². The molecule has 118 valence electrons. The Morgan fingerprint density at radius 2 is 2.18 bits per heavy atom. The second-order valence-corrected chi connectivity index (χ2v) is 9.73. The molecule has 0 aliphatic carbocycles. The number of benzene rings is 1. The maximum Gasteiger partial charge on any atom is 0.250 e. The monoisotopic (exact) mass is 401 g/mol. The lowest BCUT2D eigenvalue weighted by atomic mass is 10.0. The van der Waals surface area contributed by atoms with Gasteiger partial charge >= 0.3 is 0 Å². The first kappa shape index (κ1) is 16.0. The largest absolute Gasteiger partial charge is 0.493 e. The molecule has 7 heteroatoms. The molecule has 1 aromatic carbocycles. The van der Waals surface area contributed by atoms with Crippen LogP contribution in [0.5, 0.6) is 5.75 Å². The van der Waals surface area contributed by atoms with Crippen LogP contribution in [0.15, 0.2) is 38.3 Å². The van der Waals surface area contributed by atoms with Crippen LogP contribution in [0.4, 0.5) is 0 Å². The number of thiophene rings is 1. The maximum absolute atomic E-state index is 12.3. The highest BCUT2D eigenvalue weighted by molar-refractivity contribution is 9.11. The van der Waals surface area contributed by atoms with Crippen LogP contribution in [-0.2, 0) is 22.9 Å². The Hall–Kier alpha value is -0.890. The fourth-order valence-electron chi connectivity index (χ4n) is 2.53. The van der Waals surface area contributed by atoms with E-state index < -0.39 is 10.0 Å². The van der Waals surface area contributed by atoms with Crippen LogP contribution >= 0.6 is 27.3 Å². The highest BCUT2D eigenvalue weighted by atomic mass is 79.9. The van der Waals surface area contributed by atoms with Crippen LogP contribution in [0.2, 0.25) is 0 Å². The molecule has 1 unspecified atom stereocenters. The molecule has 1 aliphatic rings. The molecule has 1 aliphatic heterocycles. The molecule has 22 heavy (non-hydrogen) atoms. The molecule has 0 spiro atoms. The summed E-state index contributed by atoms with van der Waals surface area (Å²) in [6.45, 7) is 2.61. The van der Waals surface area contributed by atoms with Gasteiger partial charge < -0.3 is 4.74 Å². The van der Waals surface area contributed by atoms with Gasteiger partial charge in [-0.05, 0) is 58.6 Å². The zero-order valence-electron chi connectivity index (χ0n) is 12.0. The van der Waals surface area contributed by atoms with Crippen molar-refractivity contribution in [1.29, 1.82) is 0 Å². The van der Waals surface area contributed by atoms with E-state index in [0.717, 1.165) is 28.1 Å². The van der Waals surface area contributed by atoms with E-state index in [1.54, 1.807) is 12.1 Å². The summed E-state index contributed by atoms with van der Waals surface area (Å²) in [7, 11) is -3.46. The van der Waals surface area contributed by atoms with Gasteiger partial charge in [-0.3, -0.25) is 0 Å². The predicted octanol–water partition coefficient (Wildman–Crippen LogP) is 3.36.